The molecule has 0 unspecified atom stereocenters. The van der Waals surface area contributed by atoms with Gasteiger partial charge in [-0.3, -0.25) is 0 Å². The van der Waals surface area contributed by atoms with Crippen LogP contribution in [-0.4, -0.2) is 6.04 Å². The Bertz CT molecular complexity index is 63.8. The fourth-order valence-corrected chi connectivity index (χ4v) is 0.919. The third-order valence-electron chi connectivity index (χ3n) is 0.919. The summed E-state index contributed by atoms with van der Waals surface area (Å²) in [4.78, 5) is 0. The Balaban J connectivity index is 0. The van der Waals surface area contributed by atoms with E-state index in [0.717, 1.165) is 6.42 Å². The van der Waals surface area contributed by atoms with E-state index in [-0.39, 0.29) is 50.1 Å². The topological polar surface area (TPSA) is 23.8 Å². The van der Waals surface area contributed by atoms with Gasteiger partial charge in [0.25, 0.3) is 0 Å². The number of nitrogens with one attached hydrogen (secondary N) is 1. The molecular formula is C7H16AcN-. The molecule has 0 saturated heterocycles. The van der Waals surface area contributed by atoms with Gasteiger partial charge in [0, 0.05) is 44.1 Å². The maximum Gasteiger partial charge on any atom is 0 e. The van der Waals surface area contributed by atoms with Crippen LogP contribution in [0.25, 0.3) is 5.73 Å². The summed E-state index contributed by atoms with van der Waals surface area (Å²) in [6, 6.07) is 0.0926. The van der Waals surface area contributed by atoms with E-state index in [0.29, 0.717) is 5.41 Å². The van der Waals surface area contributed by atoms with Crippen LogP contribution >= 0.6 is 0 Å². The van der Waals surface area contributed by atoms with Crippen molar-refractivity contribution in [3.8, 4) is 0 Å². The fraction of sp³-hybridized carbons (Fsp3) is 1.00. The molecule has 0 aliphatic heterocycles. The Morgan fingerprint density at radius 2 is 1.67 bits per heavy atom. The van der Waals surface area contributed by atoms with E-state index in [9.17, 15) is 0 Å². The first kappa shape index (κ1) is 13.0. The molecule has 0 fully saturated rings. The van der Waals surface area contributed by atoms with Crippen LogP contribution in [0, 0.1) is 49.5 Å². The molecule has 1 atom stereocenters. The summed E-state index contributed by atoms with van der Waals surface area (Å²) in [5.74, 6) is 0. The summed E-state index contributed by atoms with van der Waals surface area (Å²) in [5, 5.41) is 0. The molecular weight excluding hydrogens is 325 g/mol. The van der Waals surface area contributed by atoms with Crippen molar-refractivity contribution >= 4 is 0 Å². The van der Waals surface area contributed by atoms with Crippen LogP contribution in [0.3, 0.4) is 0 Å². The van der Waals surface area contributed by atoms with E-state index >= 15 is 0 Å². The van der Waals surface area contributed by atoms with E-state index in [1.165, 1.54) is 0 Å². The summed E-state index contributed by atoms with van der Waals surface area (Å²) >= 11 is 0. The molecule has 0 bridgehead atoms. The van der Waals surface area contributed by atoms with Crippen molar-refractivity contribution in [2.45, 2.75) is 40.2 Å². The Kier molecular flexibility index (Phi) is 7.39. The van der Waals surface area contributed by atoms with Gasteiger partial charge in [0.1, 0.15) is 0 Å². The van der Waals surface area contributed by atoms with Crippen molar-refractivity contribution in [1.82, 2.24) is 0 Å². The summed E-state index contributed by atoms with van der Waals surface area (Å²) in [7, 11) is 0. The monoisotopic (exact) mass is 341 g/mol. The van der Waals surface area contributed by atoms with Gasteiger partial charge in [0.2, 0.25) is 0 Å². The Morgan fingerprint density at radius 3 is 1.67 bits per heavy atom. The Morgan fingerprint density at radius 1 is 1.33 bits per heavy atom. The average Bonchev–Trinajstić information content (AvgIpc) is 1.21. The fourth-order valence-electron chi connectivity index (χ4n) is 0.919. The van der Waals surface area contributed by atoms with Crippen LogP contribution in [0.2, 0.25) is 0 Å². The zero-order valence-electron chi connectivity index (χ0n) is 6.86. The molecule has 0 aromatic rings. The van der Waals surface area contributed by atoms with Crippen LogP contribution in [0.5, 0.6) is 0 Å². The van der Waals surface area contributed by atoms with Gasteiger partial charge in [0.05, 0.1) is 0 Å². The van der Waals surface area contributed by atoms with E-state index in [2.05, 4.69) is 20.8 Å². The third-order valence-corrected chi connectivity index (χ3v) is 0.919. The van der Waals surface area contributed by atoms with Gasteiger partial charge in [-0.1, -0.05) is 34.1 Å². The molecule has 1 nitrogen and oxygen atoms in total. The smallest absolute Gasteiger partial charge is 0 e. The molecule has 1 N–H and O–H groups in total. The van der Waals surface area contributed by atoms with Crippen molar-refractivity contribution in [1.29, 1.82) is 0 Å². The first-order valence-electron chi connectivity index (χ1n) is 3.13. The molecule has 9 heavy (non-hydrogen) atoms. The predicted molar refractivity (Wildman–Crippen MR) is 37.9 cm³/mol. The molecule has 0 spiro atoms. The molecule has 0 aromatic carbocycles. The van der Waals surface area contributed by atoms with E-state index in [4.69, 9.17) is 5.73 Å². The van der Waals surface area contributed by atoms with Gasteiger partial charge >= 0.3 is 0 Å². The van der Waals surface area contributed by atoms with E-state index in [1.54, 1.807) is 0 Å². The molecule has 1 radical (unpaired) electrons. The summed E-state index contributed by atoms with van der Waals surface area (Å²) in [5.41, 5.74) is 7.57. The minimum Gasteiger partial charge on any atom is -0.675 e. The maximum absolute atomic E-state index is 7.23. The zero-order valence-corrected chi connectivity index (χ0v) is 11.6. The van der Waals surface area contributed by atoms with Gasteiger partial charge in [-0.2, -0.15) is 0 Å². The van der Waals surface area contributed by atoms with Gasteiger partial charge in [0.15, 0.2) is 0 Å². The summed E-state index contributed by atoms with van der Waals surface area (Å²) < 4.78 is 0. The second-order valence-corrected chi connectivity index (χ2v) is 3.67. The standard InChI is InChI=1S/C7H16N.Ac/c1-6(8)5-7(2,3)4;/h6,8H,5H2,1-4H3;/q-1;/t6-;/m1./s1. The van der Waals surface area contributed by atoms with Gasteiger partial charge in [-0.05, 0) is 5.41 Å². The van der Waals surface area contributed by atoms with Crippen molar-refractivity contribution in [3.63, 3.8) is 0 Å². The molecule has 0 heterocycles. The average molecular weight is 341 g/mol. The van der Waals surface area contributed by atoms with Crippen LogP contribution in [-0.2, 0) is 0 Å². The predicted octanol–water partition coefficient (Wildman–Crippen LogP) is 2.86. The van der Waals surface area contributed by atoms with Gasteiger partial charge in [-0.15, -0.1) is 6.04 Å². The molecule has 53 valence electrons. The Hall–Kier alpha value is 1.40. The molecule has 0 rings (SSSR count). The second-order valence-electron chi connectivity index (χ2n) is 3.67. The first-order chi connectivity index (χ1) is 3.42. The van der Waals surface area contributed by atoms with Crippen LogP contribution in [0.4, 0.5) is 0 Å². The number of hydrogen-bond acceptors (Lipinski definition) is 0. The third kappa shape index (κ3) is 12.6. The van der Waals surface area contributed by atoms with Crippen molar-refractivity contribution in [3.05, 3.63) is 5.73 Å². The van der Waals surface area contributed by atoms with E-state index < -0.39 is 0 Å². The first-order valence-corrected chi connectivity index (χ1v) is 3.13. The second kappa shape index (κ2) is 5.10. The number of hydrogen-bond donors (Lipinski definition) is 0. The molecule has 0 saturated carbocycles. The largest absolute Gasteiger partial charge is 0.675 e. The minimum absolute atomic E-state index is 0. The van der Waals surface area contributed by atoms with Crippen LogP contribution in [0.1, 0.15) is 34.1 Å². The zero-order chi connectivity index (χ0) is 6.78. The molecule has 0 amide bonds. The van der Waals surface area contributed by atoms with Crippen molar-refractivity contribution in [2.24, 2.45) is 5.41 Å². The van der Waals surface area contributed by atoms with Crippen molar-refractivity contribution in [2.75, 3.05) is 0 Å². The molecule has 0 aliphatic rings. The SMILES string of the molecule is C[C@@H]([NH-])CC(C)(C)C.[Ac]. The van der Waals surface area contributed by atoms with Crippen LogP contribution in [0.15, 0.2) is 0 Å². The normalized spacial score (nSPS) is 14.3. The van der Waals surface area contributed by atoms with Gasteiger partial charge < -0.3 is 5.73 Å². The maximum atomic E-state index is 7.23. The number of rotatable bonds is 1. The van der Waals surface area contributed by atoms with Crippen molar-refractivity contribution < 1.29 is 44.1 Å². The Labute approximate surface area is 94.3 Å². The van der Waals surface area contributed by atoms with Gasteiger partial charge in [-0.25, -0.2) is 0 Å². The minimum atomic E-state index is 0. The summed E-state index contributed by atoms with van der Waals surface area (Å²) in [6.45, 7) is 8.43. The quantitative estimate of drug-likeness (QED) is 0.701. The molecule has 0 aliphatic carbocycles. The van der Waals surface area contributed by atoms with Crippen LogP contribution < -0.4 is 0 Å². The molecule has 2 heteroatoms. The summed E-state index contributed by atoms with van der Waals surface area (Å²) in [6.07, 6.45) is 0.993. The van der Waals surface area contributed by atoms with E-state index in [1.807, 2.05) is 6.92 Å². The molecule has 0 aromatic heterocycles.